The van der Waals surface area contributed by atoms with E-state index in [1.165, 1.54) is 15.6 Å². The van der Waals surface area contributed by atoms with Crippen LogP contribution in [0.15, 0.2) is 98.5 Å². The van der Waals surface area contributed by atoms with Gasteiger partial charge in [0.1, 0.15) is 0 Å². The molecule has 7 heteroatoms. The van der Waals surface area contributed by atoms with Crippen molar-refractivity contribution in [3.05, 3.63) is 88.5 Å². The molecular formula is C27H26N4O2S. The lowest BCUT2D eigenvalue weighted by Gasteiger charge is -2.24. The van der Waals surface area contributed by atoms with Crippen LogP contribution in [-0.4, -0.2) is 24.1 Å². The Morgan fingerprint density at radius 3 is 2.62 bits per heavy atom. The molecule has 3 aliphatic rings. The first-order chi connectivity index (χ1) is 16.5. The van der Waals surface area contributed by atoms with Crippen molar-refractivity contribution in [2.24, 2.45) is 16.8 Å². The average Bonchev–Trinajstić information content (AvgIpc) is 3.34. The predicted octanol–water partition coefficient (Wildman–Crippen LogP) is 5.00. The number of para-hydroxylation sites is 2. The van der Waals surface area contributed by atoms with E-state index in [0.717, 1.165) is 28.4 Å². The molecule has 1 atom stereocenters. The summed E-state index contributed by atoms with van der Waals surface area (Å²) in [6.07, 6.45) is 5.16. The number of primary amides is 1. The number of hydrogen-bond donors (Lipinski definition) is 1. The average molecular weight is 471 g/mol. The van der Waals surface area contributed by atoms with Gasteiger partial charge in [-0.25, -0.2) is 0 Å². The number of nitrogens with zero attached hydrogens (tertiary/aromatic N) is 3. The predicted molar refractivity (Wildman–Crippen MR) is 137 cm³/mol. The molecule has 2 aliphatic heterocycles. The molecule has 1 aliphatic carbocycles. The topological polar surface area (TPSA) is 79.0 Å². The standard InChI is InChI=1S/C27H26N4O2S/c1-3-30-22-11-7-8-12-23(22)34-24(30)15-18-13-19(16-20(14-18)26(28)32)25-17(2)29-31(27(25)33)21-9-5-4-6-10-21/h4-13,15,20H,3,14,16H2,1-2H3,(H2,28,32)/b24-15-,25-19+. The minimum atomic E-state index is -0.366. The Labute approximate surface area is 203 Å². The molecule has 0 saturated heterocycles. The van der Waals surface area contributed by atoms with Gasteiger partial charge in [0.05, 0.1) is 27.7 Å². The first-order valence-corrected chi connectivity index (χ1v) is 12.2. The molecule has 2 heterocycles. The molecule has 0 fully saturated rings. The van der Waals surface area contributed by atoms with Gasteiger partial charge in [-0.1, -0.05) is 48.2 Å². The molecule has 172 valence electrons. The van der Waals surface area contributed by atoms with Crippen molar-refractivity contribution >= 4 is 40.7 Å². The normalized spacial score (nSPS) is 23.3. The summed E-state index contributed by atoms with van der Waals surface area (Å²) in [6.45, 7) is 4.80. The molecule has 6 nitrogen and oxygen atoms in total. The fourth-order valence-electron chi connectivity index (χ4n) is 4.70. The first kappa shape index (κ1) is 22.2. The molecule has 0 bridgehead atoms. The monoisotopic (exact) mass is 470 g/mol. The van der Waals surface area contributed by atoms with Crippen LogP contribution in [0, 0.1) is 5.92 Å². The van der Waals surface area contributed by atoms with E-state index < -0.39 is 0 Å². The van der Waals surface area contributed by atoms with Crippen LogP contribution in [0.4, 0.5) is 11.4 Å². The van der Waals surface area contributed by atoms with Gasteiger partial charge >= 0.3 is 0 Å². The van der Waals surface area contributed by atoms with Crippen molar-refractivity contribution in [1.29, 1.82) is 0 Å². The summed E-state index contributed by atoms with van der Waals surface area (Å²) >= 11 is 1.72. The van der Waals surface area contributed by atoms with E-state index in [2.05, 4.69) is 35.1 Å². The van der Waals surface area contributed by atoms with Crippen LogP contribution in [-0.2, 0) is 9.59 Å². The van der Waals surface area contributed by atoms with Crippen LogP contribution in [0.2, 0.25) is 0 Å². The largest absolute Gasteiger partial charge is 0.369 e. The third-order valence-electron chi connectivity index (χ3n) is 6.31. The Morgan fingerprint density at radius 1 is 1.15 bits per heavy atom. The summed E-state index contributed by atoms with van der Waals surface area (Å²) < 4.78 is 0. The Bertz CT molecular complexity index is 1290. The van der Waals surface area contributed by atoms with Gasteiger partial charge in [0.2, 0.25) is 5.91 Å². The number of benzene rings is 2. The highest BCUT2D eigenvalue weighted by Crippen LogP contribution is 2.46. The van der Waals surface area contributed by atoms with Crippen molar-refractivity contribution in [2.45, 2.75) is 31.6 Å². The molecule has 0 aromatic heterocycles. The molecule has 0 saturated carbocycles. The van der Waals surface area contributed by atoms with Crippen molar-refractivity contribution in [2.75, 3.05) is 16.5 Å². The van der Waals surface area contributed by atoms with Gasteiger partial charge in [0, 0.05) is 17.4 Å². The van der Waals surface area contributed by atoms with E-state index in [1.807, 2.05) is 55.5 Å². The Kier molecular flexibility index (Phi) is 5.87. The fraction of sp³-hybridized carbons (Fsp3) is 0.222. The molecule has 34 heavy (non-hydrogen) atoms. The van der Waals surface area contributed by atoms with Crippen LogP contribution in [0.3, 0.4) is 0 Å². The van der Waals surface area contributed by atoms with Crippen molar-refractivity contribution in [1.82, 2.24) is 0 Å². The summed E-state index contributed by atoms with van der Waals surface area (Å²) in [4.78, 5) is 29.1. The maximum Gasteiger partial charge on any atom is 0.280 e. The zero-order valence-corrected chi connectivity index (χ0v) is 20.0. The van der Waals surface area contributed by atoms with Gasteiger partial charge < -0.3 is 10.6 Å². The SMILES string of the molecule is CCN1/C(=C/C2=CC(=C3\C(=O)N(c4ccccc4)N=C3C)/CC(C(N)=O)C2)Sc2ccccc21. The van der Waals surface area contributed by atoms with Gasteiger partial charge in [0.15, 0.2) is 0 Å². The molecule has 1 unspecified atom stereocenters. The van der Waals surface area contributed by atoms with E-state index in [-0.39, 0.29) is 17.7 Å². The summed E-state index contributed by atoms with van der Waals surface area (Å²) in [6, 6.07) is 17.7. The van der Waals surface area contributed by atoms with Gasteiger partial charge in [-0.05, 0) is 68.2 Å². The number of thioether (sulfide) groups is 1. The van der Waals surface area contributed by atoms with E-state index in [0.29, 0.717) is 24.1 Å². The number of hydrazone groups is 1. The van der Waals surface area contributed by atoms with E-state index in [1.54, 1.807) is 11.8 Å². The second-order valence-corrected chi connectivity index (χ2v) is 9.62. The van der Waals surface area contributed by atoms with Crippen molar-refractivity contribution in [3.8, 4) is 0 Å². The quantitative estimate of drug-likeness (QED) is 0.638. The van der Waals surface area contributed by atoms with Crippen LogP contribution in [0.1, 0.15) is 26.7 Å². The smallest absolute Gasteiger partial charge is 0.280 e. The maximum atomic E-state index is 13.4. The third-order valence-corrected chi connectivity index (χ3v) is 7.42. The minimum Gasteiger partial charge on any atom is -0.369 e. The van der Waals surface area contributed by atoms with Crippen LogP contribution < -0.4 is 15.6 Å². The number of rotatable bonds is 4. The number of nitrogens with two attached hydrogens (primary N) is 1. The number of carbonyl (C=O) groups is 2. The number of fused-ring (bicyclic) bond motifs is 1. The summed E-state index contributed by atoms with van der Waals surface area (Å²) in [7, 11) is 0. The van der Waals surface area contributed by atoms with Crippen molar-refractivity contribution < 1.29 is 9.59 Å². The van der Waals surface area contributed by atoms with Crippen LogP contribution in [0.25, 0.3) is 0 Å². The van der Waals surface area contributed by atoms with Crippen molar-refractivity contribution in [3.63, 3.8) is 0 Å². The lowest BCUT2D eigenvalue weighted by atomic mass is 9.82. The molecular weight excluding hydrogens is 444 g/mol. The maximum absolute atomic E-state index is 13.4. The van der Waals surface area contributed by atoms with Gasteiger partial charge in [0.25, 0.3) is 5.91 Å². The Balaban J connectivity index is 1.54. The number of carbonyl (C=O) groups excluding carboxylic acids is 2. The highest BCUT2D eigenvalue weighted by molar-refractivity contribution is 8.03. The number of anilines is 2. The summed E-state index contributed by atoms with van der Waals surface area (Å²) in [5.41, 5.74) is 10.7. The molecule has 2 aromatic rings. The van der Waals surface area contributed by atoms with E-state index in [4.69, 9.17) is 5.73 Å². The third kappa shape index (κ3) is 3.96. The lowest BCUT2D eigenvalue weighted by molar-refractivity contribution is -0.122. The fourth-order valence-corrected chi connectivity index (χ4v) is 5.91. The molecule has 2 amide bonds. The molecule has 5 rings (SSSR count). The van der Waals surface area contributed by atoms with Gasteiger partial charge in [-0.2, -0.15) is 10.1 Å². The summed E-state index contributed by atoms with van der Waals surface area (Å²) in [5.74, 6) is -0.892. The highest BCUT2D eigenvalue weighted by Gasteiger charge is 2.34. The summed E-state index contributed by atoms with van der Waals surface area (Å²) in [5, 5.41) is 7.06. The molecule has 2 aromatic carbocycles. The minimum absolute atomic E-state index is 0.176. The zero-order chi connectivity index (χ0) is 23.8. The second-order valence-electron chi connectivity index (χ2n) is 8.56. The van der Waals surface area contributed by atoms with E-state index >= 15 is 0 Å². The Hall–Kier alpha value is -3.58. The molecule has 0 spiro atoms. The van der Waals surface area contributed by atoms with Gasteiger partial charge in [-0.3, -0.25) is 9.59 Å². The Morgan fingerprint density at radius 2 is 1.88 bits per heavy atom. The number of allylic oxidation sites excluding steroid dienone is 4. The number of amides is 2. The highest BCUT2D eigenvalue weighted by atomic mass is 32.2. The number of hydrogen-bond acceptors (Lipinski definition) is 5. The van der Waals surface area contributed by atoms with Gasteiger partial charge in [-0.15, -0.1) is 0 Å². The van der Waals surface area contributed by atoms with Crippen LogP contribution in [0.5, 0.6) is 0 Å². The lowest BCUT2D eigenvalue weighted by Crippen LogP contribution is -2.28. The molecule has 0 radical (unpaired) electrons. The molecule has 2 N–H and O–H groups in total. The first-order valence-electron chi connectivity index (χ1n) is 11.4. The second kappa shape index (κ2) is 8.99. The zero-order valence-electron chi connectivity index (χ0n) is 19.2. The van der Waals surface area contributed by atoms with E-state index in [9.17, 15) is 9.59 Å². The van der Waals surface area contributed by atoms with Crippen LogP contribution >= 0.6 is 11.8 Å².